The number of piperazine rings is 1. The van der Waals surface area contributed by atoms with Gasteiger partial charge in [0, 0.05) is 38.3 Å². The van der Waals surface area contributed by atoms with E-state index in [1.165, 1.54) is 25.6 Å². The first kappa shape index (κ1) is 11.2. The van der Waals surface area contributed by atoms with E-state index in [2.05, 4.69) is 19.8 Å². The summed E-state index contributed by atoms with van der Waals surface area (Å²) in [5.74, 6) is 0.957. The maximum Gasteiger partial charge on any atom is 0.134 e. The quantitative estimate of drug-likeness (QED) is 0.752. The van der Waals surface area contributed by atoms with E-state index in [1.807, 2.05) is 6.07 Å². The van der Waals surface area contributed by atoms with Crippen molar-refractivity contribution in [3.63, 3.8) is 0 Å². The highest BCUT2D eigenvalue weighted by Crippen LogP contribution is 2.26. The number of hydrogen-bond acceptors (Lipinski definition) is 4. The Labute approximate surface area is 107 Å². The predicted octanol–water partition coefficient (Wildman–Crippen LogP) is 1.80. The van der Waals surface area contributed by atoms with Crippen LogP contribution < -0.4 is 4.90 Å². The third kappa shape index (κ3) is 2.38. The first-order valence-electron chi connectivity index (χ1n) is 6.29. The second kappa shape index (κ2) is 4.78. The number of hydrogen-bond donors (Lipinski definition) is 0. The Hall–Kier alpha value is -0.870. The summed E-state index contributed by atoms with van der Waals surface area (Å²) < 4.78 is 0. The second-order valence-electron chi connectivity index (χ2n) is 4.81. The van der Waals surface area contributed by atoms with Gasteiger partial charge in [0.05, 0.1) is 0 Å². The van der Waals surface area contributed by atoms with E-state index in [9.17, 15) is 0 Å². The highest BCUT2D eigenvalue weighted by atomic mass is 35.5. The molecule has 1 aliphatic carbocycles. The van der Waals surface area contributed by atoms with Gasteiger partial charge in [-0.3, -0.25) is 4.90 Å². The normalized spacial score (nSPS) is 22.5. The maximum absolute atomic E-state index is 5.89. The third-order valence-corrected chi connectivity index (χ3v) is 4.06. The van der Waals surface area contributed by atoms with Gasteiger partial charge >= 0.3 is 0 Å². The van der Waals surface area contributed by atoms with Gasteiger partial charge in [-0.2, -0.15) is 0 Å². The molecule has 92 valence electrons. The molecule has 0 N–H and O–H groups in total. The Balaban J connectivity index is 1.60. The van der Waals surface area contributed by atoms with Crippen LogP contribution in [0.2, 0.25) is 5.15 Å². The summed E-state index contributed by atoms with van der Waals surface area (Å²) in [4.78, 5) is 13.1. The lowest BCUT2D eigenvalue weighted by Gasteiger charge is -2.43. The number of halogens is 1. The van der Waals surface area contributed by atoms with Gasteiger partial charge in [0.2, 0.25) is 0 Å². The molecule has 1 saturated heterocycles. The summed E-state index contributed by atoms with van der Waals surface area (Å²) in [6.07, 6.45) is 5.72. The SMILES string of the molecule is Clc1cc(N2CCN(C3CCC3)CC2)ncn1. The van der Waals surface area contributed by atoms with Gasteiger partial charge in [-0.1, -0.05) is 18.0 Å². The lowest BCUT2D eigenvalue weighted by atomic mass is 9.91. The van der Waals surface area contributed by atoms with Crippen molar-refractivity contribution < 1.29 is 0 Å². The van der Waals surface area contributed by atoms with Crippen molar-refractivity contribution >= 4 is 17.4 Å². The van der Waals surface area contributed by atoms with Crippen molar-refractivity contribution in [2.45, 2.75) is 25.3 Å². The molecule has 2 aliphatic rings. The fourth-order valence-corrected chi connectivity index (χ4v) is 2.71. The van der Waals surface area contributed by atoms with Crippen LogP contribution in [-0.4, -0.2) is 47.1 Å². The van der Waals surface area contributed by atoms with Gasteiger partial charge in [-0.25, -0.2) is 9.97 Å². The van der Waals surface area contributed by atoms with Gasteiger partial charge in [-0.05, 0) is 12.8 Å². The minimum absolute atomic E-state index is 0.524. The average molecular weight is 253 g/mol. The summed E-state index contributed by atoms with van der Waals surface area (Å²) in [7, 11) is 0. The molecular formula is C12H17ClN4. The summed E-state index contributed by atoms with van der Waals surface area (Å²) in [6, 6.07) is 2.70. The van der Waals surface area contributed by atoms with Crippen molar-refractivity contribution in [3.8, 4) is 0 Å². The number of nitrogens with zero attached hydrogens (tertiary/aromatic N) is 4. The lowest BCUT2D eigenvalue weighted by molar-refractivity contribution is 0.120. The van der Waals surface area contributed by atoms with Crippen LogP contribution in [0, 0.1) is 0 Å². The van der Waals surface area contributed by atoms with E-state index in [0.29, 0.717) is 5.15 Å². The molecule has 3 rings (SSSR count). The van der Waals surface area contributed by atoms with Gasteiger partial charge in [0.25, 0.3) is 0 Å². The number of aromatic nitrogens is 2. The fourth-order valence-electron chi connectivity index (χ4n) is 2.57. The fraction of sp³-hybridized carbons (Fsp3) is 0.667. The van der Waals surface area contributed by atoms with Crippen LogP contribution in [-0.2, 0) is 0 Å². The van der Waals surface area contributed by atoms with Gasteiger partial charge in [0.1, 0.15) is 17.3 Å². The first-order chi connectivity index (χ1) is 8.33. The Morgan fingerprint density at radius 2 is 1.88 bits per heavy atom. The van der Waals surface area contributed by atoms with Crippen molar-refractivity contribution in [1.29, 1.82) is 0 Å². The van der Waals surface area contributed by atoms with Crippen molar-refractivity contribution in [2.24, 2.45) is 0 Å². The van der Waals surface area contributed by atoms with Gasteiger partial charge in [-0.15, -0.1) is 0 Å². The Kier molecular flexibility index (Phi) is 3.16. The largest absolute Gasteiger partial charge is 0.354 e. The Morgan fingerprint density at radius 1 is 1.12 bits per heavy atom. The molecular weight excluding hydrogens is 236 g/mol. The molecule has 0 bridgehead atoms. The molecule has 2 heterocycles. The molecule has 1 aromatic rings. The maximum atomic E-state index is 5.89. The molecule has 0 atom stereocenters. The molecule has 5 heteroatoms. The molecule has 0 radical (unpaired) electrons. The topological polar surface area (TPSA) is 32.3 Å². The van der Waals surface area contributed by atoms with Crippen LogP contribution in [0.5, 0.6) is 0 Å². The molecule has 0 spiro atoms. The van der Waals surface area contributed by atoms with Crippen LogP contribution in [0.4, 0.5) is 5.82 Å². The van der Waals surface area contributed by atoms with E-state index in [0.717, 1.165) is 38.0 Å². The third-order valence-electron chi connectivity index (χ3n) is 3.85. The monoisotopic (exact) mass is 252 g/mol. The minimum Gasteiger partial charge on any atom is -0.354 e. The molecule has 17 heavy (non-hydrogen) atoms. The standard InChI is InChI=1S/C12H17ClN4/c13-11-8-12(15-9-14-11)17-6-4-16(5-7-17)10-2-1-3-10/h8-10H,1-7H2. The molecule has 0 aromatic carbocycles. The molecule has 0 unspecified atom stereocenters. The summed E-state index contributed by atoms with van der Waals surface area (Å²) in [6.45, 7) is 4.38. The average Bonchev–Trinajstić information content (AvgIpc) is 2.28. The number of anilines is 1. The van der Waals surface area contributed by atoms with E-state index < -0.39 is 0 Å². The minimum atomic E-state index is 0.524. The molecule has 2 fully saturated rings. The van der Waals surface area contributed by atoms with Crippen LogP contribution in [0.15, 0.2) is 12.4 Å². The highest BCUT2D eigenvalue weighted by molar-refractivity contribution is 6.29. The summed E-state index contributed by atoms with van der Waals surface area (Å²) in [5, 5.41) is 0.524. The zero-order valence-electron chi connectivity index (χ0n) is 9.85. The van der Waals surface area contributed by atoms with Crippen LogP contribution in [0.25, 0.3) is 0 Å². The van der Waals surface area contributed by atoms with Crippen molar-refractivity contribution in [2.75, 3.05) is 31.1 Å². The summed E-state index contributed by atoms with van der Waals surface area (Å²) >= 11 is 5.89. The lowest BCUT2D eigenvalue weighted by Crippen LogP contribution is -2.52. The van der Waals surface area contributed by atoms with E-state index in [-0.39, 0.29) is 0 Å². The van der Waals surface area contributed by atoms with Crippen molar-refractivity contribution in [3.05, 3.63) is 17.5 Å². The Morgan fingerprint density at radius 3 is 2.47 bits per heavy atom. The van der Waals surface area contributed by atoms with E-state index in [1.54, 1.807) is 0 Å². The van der Waals surface area contributed by atoms with Gasteiger partial charge in [0.15, 0.2) is 0 Å². The molecule has 1 aromatic heterocycles. The zero-order valence-corrected chi connectivity index (χ0v) is 10.6. The van der Waals surface area contributed by atoms with Crippen LogP contribution in [0.1, 0.15) is 19.3 Å². The highest BCUT2D eigenvalue weighted by Gasteiger charge is 2.28. The molecule has 1 aliphatic heterocycles. The summed E-state index contributed by atoms with van der Waals surface area (Å²) in [5.41, 5.74) is 0. The van der Waals surface area contributed by atoms with E-state index >= 15 is 0 Å². The van der Waals surface area contributed by atoms with Gasteiger partial charge < -0.3 is 4.90 Å². The first-order valence-corrected chi connectivity index (χ1v) is 6.67. The molecule has 1 saturated carbocycles. The molecule has 0 amide bonds. The number of rotatable bonds is 2. The van der Waals surface area contributed by atoms with Crippen LogP contribution in [0.3, 0.4) is 0 Å². The van der Waals surface area contributed by atoms with Crippen molar-refractivity contribution in [1.82, 2.24) is 14.9 Å². The Bertz CT molecular complexity index is 386. The second-order valence-corrected chi connectivity index (χ2v) is 5.19. The predicted molar refractivity (Wildman–Crippen MR) is 68.5 cm³/mol. The smallest absolute Gasteiger partial charge is 0.134 e. The zero-order chi connectivity index (χ0) is 11.7. The molecule has 4 nitrogen and oxygen atoms in total. The van der Waals surface area contributed by atoms with E-state index in [4.69, 9.17) is 11.6 Å². The van der Waals surface area contributed by atoms with Crippen LogP contribution >= 0.6 is 11.6 Å².